The van der Waals surface area contributed by atoms with Crippen molar-refractivity contribution >= 4 is 11.8 Å². The molecule has 0 bridgehead atoms. The first-order valence-electron chi connectivity index (χ1n) is 4.56. The first kappa shape index (κ1) is 9.09. The van der Waals surface area contributed by atoms with Crippen molar-refractivity contribution in [3.05, 3.63) is 18.5 Å². The number of aliphatic hydroxyl groups is 1. The Kier molecular flexibility index (Phi) is 2.60. The summed E-state index contributed by atoms with van der Waals surface area (Å²) in [6.45, 7) is 0.204. The van der Waals surface area contributed by atoms with E-state index < -0.39 is 0 Å². The van der Waals surface area contributed by atoms with Crippen molar-refractivity contribution in [1.82, 2.24) is 9.78 Å². The van der Waals surface area contributed by atoms with E-state index in [0.29, 0.717) is 0 Å². The maximum absolute atomic E-state index is 9.44. The molecule has 3 nitrogen and oxygen atoms in total. The van der Waals surface area contributed by atoms with Crippen molar-refractivity contribution < 1.29 is 5.11 Å². The van der Waals surface area contributed by atoms with Gasteiger partial charge in [0.05, 0.1) is 12.1 Å². The van der Waals surface area contributed by atoms with Crippen LogP contribution in [0.25, 0.3) is 0 Å². The zero-order chi connectivity index (χ0) is 9.15. The largest absolute Gasteiger partial charge is 0.394 e. The number of nitrogens with zero attached hydrogens (tertiary/aromatic N) is 2. The van der Waals surface area contributed by atoms with Crippen LogP contribution in [0.4, 0.5) is 0 Å². The van der Waals surface area contributed by atoms with Crippen molar-refractivity contribution in [2.45, 2.75) is 18.4 Å². The van der Waals surface area contributed by atoms with E-state index in [-0.39, 0.29) is 12.1 Å². The summed E-state index contributed by atoms with van der Waals surface area (Å²) in [5.41, 5.74) is -0.116. The fraction of sp³-hybridized carbons (Fsp3) is 0.667. The van der Waals surface area contributed by atoms with Crippen LogP contribution in [-0.4, -0.2) is 33.0 Å². The Labute approximate surface area is 82.1 Å². The van der Waals surface area contributed by atoms with Gasteiger partial charge in [-0.05, 0) is 30.4 Å². The fourth-order valence-corrected chi connectivity index (χ4v) is 3.01. The van der Waals surface area contributed by atoms with Gasteiger partial charge >= 0.3 is 0 Å². The molecule has 0 unspecified atom stereocenters. The van der Waals surface area contributed by atoms with Crippen LogP contribution in [0.1, 0.15) is 12.8 Å². The van der Waals surface area contributed by atoms with Crippen molar-refractivity contribution in [2.75, 3.05) is 18.1 Å². The Morgan fingerprint density at radius 3 is 2.77 bits per heavy atom. The molecule has 0 atom stereocenters. The number of rotatable bonds is 2. The third kappa shape index (κ3) is 1.60. The molecule has 0 aliphatic carbocycles. The van der Waals surface area contributed by atoms with Gasteiger partial charge in [0, 0.05) is 12.4 Å². The summed E-state index contributed by atoms with van der Waals surface area (Å²) >= 11 is 1.96. The zero-order valence-electron chi connectivity index (χ0n) is 7.52. The van der Waals surface area contributed by atoms with E-state index in [0.717, 1.165) is 24.3 Å². The molecule has 72 valence electrons. The number of aliphatic hydroxyl groups excluding tert-OH is 1. The van der Waals surface area contributed by atoms with E-state index in [1.165, 1.54) is 0 Å². The quantitative estimate of drug-likeness (QED) is 0.773. The van der Waals surface area contributed by atoms with Gasteiger partial charge in [0.2, 0.25) is 0 Å². The maximum atomic E-state index is 9.44. The van der Waals surface area contributed by atoms with E-state index in [2.05, 4.69) is 5.10 Å². The zero-order valence-corrected chi connectivity index (χ0v) is 8.33. The molecule has 1 saturated heterocycles. The molecule has 0 aromatic carbocycles. The lowest BCUT2D eigenvalue weighted by atomic mass is 9.94. The molecule has 0 saturated carbocycles. The van der Waals surface area contributed by atoms with Crippen molar-refractivity contribution in [2.24, 2.45) is 0 Å². The van der Waals surface area contributed by atoms with E-state index in [4.69, 9.17) is 0 Å². The number of hydrogen-bond donors (Lipinski definition) is 1. The Morgan fingerprint density at radius 1 is 1.46 bits per heavy atom. The summed E-state index contributed by atoms with van der Waals surface area (Å²) in [5.74, 6) is 2.25. The summed E-state index contributed by atoms with van der Waals surface area (Å²) in [6, 6.07) is 1.92. The fourth-order valence-electron chi connectivity index (χ4n) is 1.76. The predicted octanol–water partition coefficient (Wildman–Crippen LogP) is 1.10. The summed E-state index contributed by atoms with van der Waals surface area (Å²) in [5, 5.41) is 13.7. The smallest absolute Gasteiger partial charge is 0.0872 e. The van der Waals surface area contributed by atoms with Gasteiger partial charge in [0.1, 0.15) is 0 Å². The normalized spacial score (nSPS) is 21.6. The average molecular weight is 198 g/mol. The minimum Gasteiger partial charge on any atom is -0.394 e. The molecular weight excluding hydrogens is 184 g/mol. The van der Waals surface area contributed by atoms with Gasteiger partial charge in [-0.3, -0.25) is 4.68 Å². The minimum absolute atomic E-state index is 0.116. The van der Waals surface area contributed by atoms with Crippen molar-refractivity contribution in [1.29, 1.82) is 0 Å². The van der Waals surface area contributed by atoms with Crippen LogP contribution in [0.2, 0.25) is 0 Å². The lowest BCUT2D eigenvalue weighted by Gasteiger charge is -2.35. The molecule has 1 fully saturated rings. The van der Waals surface area contributed by atoms with Gasteiger partial charge < -0.3 is 5.11 Å². The van der Waals surface area contributed by atoms with Crippen molar-refractivity contribution in [3.63, 3.8) is 0 Å². The highest BCUT2D eigenvalue weighted by atomic mass is 32.2. The molecule has 4 heteroatoms. The van der Waals surface area contributed by atoms with Crippen LogP contribution in [-0.2, 0) is 5.54 Å². The third-order valence-electron chi connectivity index (χ3n) is 2.71. The highest BCUT2D eigenvalue weighted by molar-refractivity contribution is 7.99. The maximum Gasteiger partial charge on any atom is 0.0872 e. The number of thioether (sulfide) groups is 1. The molecule has 1 N–H and O–H groups in total. The van der Waals surface area contributed by atoms with E-state index in [9.17, 15) is 5.11 Å². The van der Waals surface area contributed by atoms with Crippen LogP contribution < -0.4 is 0 Å². The van der Waals surface area contributed by atoms with Crippen molar-refractivity contribution in [3.8, 4) is 0 Å². The van der Waals surface area contributed by atoms with Gasteiger partial charge in [-0.25, -0.2) is 0 Å². The second-order valence-corrected chi connectivity index (χ2v) is 4.67. The third-order valence-corrected chi connectivity index (χ3v) is 3.69. The van der Waals surface area contributed by atoms with E-state index in [1.807, 2.05) is 28.7 Å². The molecule has 2 heterocycles. The Bertz CT molecular complexity index is 255. The first-order valence-corrected chi connectivity index (χ1v) is 5.72. The molecule has 1 aromatic heterocycles. The first-order chi connectivity index (χ1) is 6.37. The van der Waals surface area contributed by atoms with Gasteiger partial charge in [0.15, 0.2) is 0 Å². The molecule has 0 spiro atoms. The lowest BCUT2D eigenvalue weighted by molar-refractivity contribution is 0.109. The highest BCUT2D eigenvalue weighted by Gasteiger charge is 2.33. The second-order valence-electron chi connectivity index (χ2n) is 3.45. The molecule has 13 heavy (non-hydrogen) atoms. The molecular formula is C9H14N2OS. The minimum atomic E-state index is -0.116. The summed E-state index contributed by atoms with van der Waals surface area (Å²) < 4.78 is 1.92. The summed E-state index contributed by atoms with van der Waals surface area (Å²) in [6.07, 6.45) is 5.77. The second kappa shape index (κ2) is 3.72. The molecule has 1 aliphatic heterocycles. The average Bonchev–Trinajstić information content (AvgIpc) is 2.72. The molecule has 2 rings (SSSR count). The molecule has 1 aliphatic rings. The predicted molar refractivity (Wildman–Crippen MR) is 53.8 cm³/mol. The SMILES string of the molecule is OCC1(n2cccn2)CCSCC1. The highest BCUT2D eigenvalue weighted by Crippen LogP contribution is 2.32. The Balaban J connectivity index is 2.23. The monoisotopic (exact) mass is 198 g/mol. The Morgan fingerprint density at radius 2 is 2.23 bits per heavy atom. The summed E-state index contributed by atoms with van der Waals surface area (Å²) in [4.78, 5) is 0. The van der Waals surface area contributed by atoms with Crippen LogP contribution >= 0.6 is 11.8 Å². The van der Waals surface area contributed by atoms with E-state index in [1.54, 1.807) is 6.20 Å². The van der Waals surface area contributed by atoms with Crippen LogP contribution in [0.3, 0.4) is 0 Å². The van der Waals surface area contributed by atoms with Crippen LogP contribution in [0.5, 0.6) is 0 Å². The van der Waals surface area contributed by atoms with E-state index >= 15 is 0 Å². The molecule has 0 radical (unpaired) electrons. The summed E-state index contributed by atoms with van der Waals surface area (Å²) in [7, 11) is 0. The molecule has 1 aromatic rings. The van der Waals surface area contributed by atoms with Gasteiger partial charge in [-0.1, -0.05) is 0 Å². The van der Waals surface area contributed by atoms with Gasteiger partial charge in [-0.15, -0.1) is 0 Å². The number of aromatic nitrogens is 2. The Hall–Kier alpha value is -0.480. The lowest BCUT2D eigenvalue weighted by Crippen LogP contribution is -2.41. The van der Waals surface area contributed by atoms with Gasteiger partial charge in [0.25, 0.3) is 0 Å². The van der Waals surface area contributed by atoms with Gasteiger partial charge in [-0.2, -0.15) is 16.9 Å². The standard InChI is InChI=1S/C9H14N2OS/c12-8-9(2-6-13-7-3-9)11-5-1-4-10-11/h1,4-5,12H,2-3,6-8H2. The molecule has 0 amide bonds. The van der Waals surface area contributed by atoms with Crippen LogP contribution in [0, 0.1) is 0 Å². The van der Waals surface area contributed by atoms with Crippen LogP contribution in [0.15, 0.2) is 18.5 Å². The topological polar surface area (TPSA) is 38.0 Å². The number of hydrogen-bond acceptors (Lipinski definition) is 3.